The second-order valence-electron chi connectivity index (χ2n) is 5.57. The molecule has 0 aromatic rings. The Morgan fingerprint density at radius 2 is 2.05 bits per heavy atom. The maximum absolute atomic E-state index is 11.9. The predicted molar refractivity (Wildman–Crippen MR) is 71.3 cm³/mol. The van der Waals surface area contributed by atoms with Gasteiger partial charge in [0.15, 0.2) is 5.78 Å². The Bertz CT molecular complexity index is 391. The van der Waals surface area contributed by atoms with Crippen molar-refractivity contribution in [2.75, 3.05) is 13.2 Å². The molecular formula is C14H21N2O4. The molecule has 2 unspecified atom stereocenters. The van der Waals surface area contributed by atoms with E-state index >= 15 is 0 Å². The molecule has 0 aromatic carbocycles. The Morgan fingerprint density at radius 3 is 2.70 bits per heavy atom. The molecule has 2 rings (SSSR count). The van der Waals surface area contributed by atoms with Gasteiger partial charge in [-0.15, -0.1) is 0 Å². The van der Waals surface area contributed by atoms with E-state index in [0.29, 0.717) is 5.92 Å². The number of ether oxygens (including phenoxy) is 1. The highest BCUT2D eigenvalue weighted by Crippen LogP contribution is 2.28. The molecule has 6 nitrogen and oxygen atoms in total. The van der Waals surface area contributed by atoms with Crippen molar-refractivity contribution >= 4 is 17.6 Å². The first-order valence-corrected chi connectivity index (χ1v) is 7.11. The van der Waals surface area contributed by atoms with Crippen molar-refractivity contribution in [2.45, 2.75) is 38.1 Å². The SMILES string of the molecule is NC(=O)C1COCC(=O)C1NC(=O)[CH]CC1CCCC1. The summed E-state index contributed by atoms with van der Waals surface area (Å²) in [6.45, 7) is -0.00794. The molecule has 0 spiro atoms. The van der Waals surface area contributed by atoms with Gasteiger partial charge < -0.3 is 15.8 Å². The highest BCUT2D eigenvalue weighted by molar-refractivity contribution is 5.97. The summed E-state index contributed by atoms with van der Waals surface area (Å²) in [5, 5.41) is 2.60. The van der Waals surface area contributed by atoms with Gasteiger partial charge in [-0.1, -0.05) is 25.7 Å². The van der Waals surface area contributed by atoms with Crippen LogP contribution in [-0.4, -0.2) is 36.9 Å². The van der Waals surface area contributed by atoms with Crippen molar-refractivity contribution in [1.29, 1.82) is 0 Å². The van der Waals surface area contributed by atoms with Gasteiger partial charge in [-0.25, -0.2) is 0 Å². The summed E-state index contributed by atoms with van der Waals surface area (Å²) in [6, 6.07) is -0.853. The normalized spacial score (nSPS) is 27.5. The Morgan fingerprint density at radius 1 is 1.35 bits per heavy atom. The molecule has 2 amide bonds. The lowest BCUT2D eigenvalue weighted by atomic mass is 9.93. The van der Waals surface area contributed by atoms with Gasteiger partial charge in [0.1, 0.15) is 12.6 Å². The Labute approximate surface area is 118 Å². The van der Waals surface area contributed by atoms with Gasteiger partial charge in [-0.05, 0) is 12.3 Å². The topological polar surface area (TPSA) is 98.5 Å². The molecule has 1 saturated heterocycles. The first-order chi connectivity index (χ1) is 9.58. The summed E-state index contributed by atoms with van der Waals surface area (Å²) >= 11 is 0. The van der Waals surface area contributed by atoms with E-state index in [1.165, 1.54) is 12.8 Å². The maximum atomic E-state index is 11.9. The lowest BCUT2D eigenvalue weighted by molar-refractivity contribution is -0.143. The molecule has 6 heteroatoms. The van der Waals surface area contributed by atoms with Crippen LogP contribution in [0.25, 0.3) is 0 Å². The first kappa shape index (κ1) is 15.0. The third kappa shape index (κ3) is 3.79. The molecule has 2 fully saturated rings. The number of nitrogens with two attached hydrogens (primary N) is 1. The van der Waals surface area contributed by atoms with Crippen molar-refractivity contribution in [3.8, 4) is 0 Å². The standard InChI is InChI=1S/C14H21N2O4/c15-14(19)10-7-20-8-11(17)13(10)16-12(18)6-5-9-3-1-2-4-9/h6,9-10,13H,1-5,7-8H2,(H2,15,19)(H,16,18). The smallest absolute Gasteiger partial charge is 0.225 e. The van der Waals surface area contributed by atoms with E-state index in [0.717, 1.165) is 19.3 Å². The van der Waals surface area contributed by atoms with E-state index in [-0.39, 0.29) is 24.9 Å². The van der Waals surface area contributed by atoms with E-state index in [9.17, 15) is 14.4 Å². The Kier molecular flexibility index (Phi) is 5.11. The van der Waals surface area contributed by atoms with Crippen molar-refractivity contribution in [3.63, 3.8) is 0 Å². The van der Waals surface area contributed by atoms with Crippen molar-refractivity contribution in [3.05, 3.63) is 6.42 Å². The van der Waals surface area contributed by atoms with Crippen molar-refractivity contribution < 1.29 is 19.1 Å². The van der Waals surface area contributed by atoms with Gasteiger partial charge in [0.2, 0.25) is 11.8 Å². The molecule has 3 N–H and O–H groups in total. The second-order valence-corrected chi connectivity index (χ2v) is 5.57. The van der Waals surface area contributed by atoms with Crippen molar-refractivity contribution in [2.24, 2.45) is 17.6 Å². The summed E-state index contributed by atoms with van der Waals surface area (Å²) < 4.78 is 5.00. The van der Waals surface area contributed by atoms with Crippen LogP contribution in [0.15, 0.2) is 0 Å². The minimum absolute atomic E-state index is 0.0780. The zero-order chi connectivity index (χ0) is 14.5. The minimum Gasteiger partial charge on any atom is -0.373 e. The molecule has 1 radical (unpaired) electrons. The average molecular weight is 281 g/mol. The lowest BCUT2D eigenvalue weighted by Gasteiger charge is -2.28. The van der Waals surface area contributed by atoms with Crippen LogP contribution >= 0.6 is 0 Å². The van der Waals surface area contributed by atoms with Crippen LogP contribution in [0.3, 0.4) is 0 Å². The summed E-state index contributed by atoms with van der Waals surface area (Å²) in [5.74, 6) is -1.44. The monoisotopic (exact) mass is 281 g/mol. The average Bonchev–Trinajstić information content (AvgIpc) is 2.91. The van der Waals surface area contributed by atoms with E-state index in [1.54, 1.807) is 6.42 Å². The number of ketones is 1. The van der Waals surface area contributed by atoms with E-state index in [1.807, 2.05) is 0 Å². The number of rotatable bonds is 5. The van der Waals surface area contributed by atoms with E-state index in [4.69, 9.17) is 10.5 Å². The van der Waals surface area contributed by atoms with Gasteiger partial charge in [0, 0.05) is 6.42 Å². The zero-order valence-corrected chi connectivity index (χ0v) is 11.5. The van der Waals surface area contributed by atoms with Gasteiger partial charge in [0.25, 0.3) is 0 Å². The quantitative estimate of drug-likeness (QED) is 0.738. The summed E-state index contributed by atoms with van der Waals surface area (Å²) in [4.78, 5) is 34.9. The number of amides is 2. The van der Waals surface area contributed by atoms with Crippen LogP contribution in [-0.2, 0) is 19.1 Å². The molecule has 1 aliphatic carbocycles. The fourth-order valence-corrected chi connectivity index (χ4v) is 2.86. The summed E-state index contributed by atoms with van der Waals surface area (Å²) in [5.41, 5.74) is 5.24. The van der Waals surface area contributed by atoms with Gasteiger partial charge in [-0.2, -0.15) is 0 Å². The maximum Gasteiger partial charge on any atom is 0.225 e. The summed E-state index contributed by atoms with van der Waals surface area (Å²) in [7, 11) is 0. The van der Waals surface area contributed by atoms with Crippen LogP contribution in [0, 0.1) is 18.3 Å². The van der Waals surface area contributed by atoms with Gasteiger partial charge in [0.05, 0.1) is 12.5 Å². The number of nitrogens with one attached hydrogen (secondary N) is 1. The first-order valence-electron chi connectivity index (χ1n) is 7.11. The number of carbonyl (C=O) groups excluding carboxylic acids is 3. The molecule has 2 atom stereocenters. The highest BCUT2D eigenvalue weighted by Gasteiger charge is 2.37. The third-order valence-corrected chi connectivity index (χ3v) is 4.07. The van der Waals surface area contributed by atoms with E-state index in [2.05, 4.69) is 5.32 Å². The second kappa shape index (κ2) is 6.83. The van der Waals surface area contributed by atoms with Crippen LogP contribution in [0.2, 0.25) is 0 Å². The van der Waals surface area contributed by atoms with Crippen LogP contribution in [0.5, 0.6) is 0 Å². The third-order valence-electron chi connectivity index (χ3n) is 4.07. The van der Waals surface area contributed by atoms with Gasteiger partial charge in [-0.3, -0.25) is 14.4 Å². The predicted octanol–water partition coefficient (Wildman–Crippen LogP) is -0.0434. The molecule has 1 heterocycles. The molecule has 111 valence electrons. The number of hydrogen-bond acceptors (Lipinski definition) is 4. The number of Topliss-reactive ketones (excluding diaryl/α,β-unsaturated/α-hetero) is 1. The molecule has 1 saturated carbocycles. The fraction of sp³-hybridized carbons (Fsp3) is 0.714. The number of hydrogen-bond donors (Lipinski definition) is 2. The molecule has 1 aliphatic heterocycles. The minimum atomic E-state index is -0.853. The van der Waals surface area contributed by atoms with Crippen LogP contribution in [0.4, 0.5) is 0 Å². The highest BCUT2D eigenvalue weighted by atomic mass is 16.5. The van der Waals surface area contributed by atoms with Crippen LogP contribution in [0.1, 0.15) is 32.1 Å². The molecule has 2 aliphatic rings. The molecule has 0 aromatic heterocycles. The molecular weight excluding hydrogens is 260 g/mol. The summed E-state index contributed by atoms with van der Waals surface area (Å²) in [6.07, 6.45) is 7.07. The van der Waals surface area contributed by atoms with E-state index < -0.39 is 17.9 Å². The Hall–Kier alpha value is -1.43. The van der Waals surface area contributed by atoms with Crippen molar-refractivity contribution in [1.82, 2.24) is 5.32 Å². The van der Waals surface area contributed by atoms with Gasteiger partial charge >= 0.3 is 0 Å². The van der Waals surface area contributed by atoms with Crippen LogP contribution < -0.4 is 11.1 Å². The zero-order valence-electron chi connectivity index (χ0n) is 11.5. The Balaban J connectivity index is 1.83. The largest absolute Gasteiger partial charge is 0.373 e. The fourth-order valence-electron chi connectivity index (χ4n) is 2.86. The lowest BCUT2D eigenvalue weighted by Crippen LogP contribution is -2.55. The molecule has 20 heavy (non-hydrogen) atoms. The number of carbonyl (C=O) groups is 3. The molecule has 0 bridgehead atoms. The number of primary amides is 1.